The molecule has 5 nitrogen and oxygen atoms in total. The number of hydrogen-bond donors (Lipinski definition) is 1. The molecule has 2 aliphatic heterocycles. The van der Waals surface area contributed by atoms with Crippen molar-refractivity contribution in [2.24, 2.45) is 0 Å². The van der Waals surface area contributed by atoms with Gasteiger partial charge in [0, 0.05) is 36.4 Å². The van der Waals surface area contributed by atoms with Crippen molar-refractivity contribution in [2.45, 2.75) is 26.1 Å². The van der Waals surface area contributed by atoms with Crippen LogP contribution in [-0.2, 0) is 6.18 Å². The molecule has 0 aromatic carbocycles. The van der Waals surface area contributed by atoms with Crippen LogP contribution in [-0.4, -0.2) is 27.6 Å². The molecular formula is C19H17ClF3N5. The quantitative estimate of drug-likeness (QED) is 0.749. The van der Waals surface area contributed by atoms with Gasteiger partial charge in [0.2, 0.25) is 0 Å². The molecule has 4 rings (SSSR count). The molecule has 146 valence electrons. The Kier molecular flexibility index (Phi) is 4.45. The Balaban J connectivity index is 1.71. The summed E-state index contributed by atoms with van der Waals surface area (Å²) in [6.07, 6.45) is 0.995. The van der Waals surface area contributed by atoms with Crippen LogP contribution in [0.1, 0.15) is 23.7 Å². The lowest BCUT2D eigenvalue weighted by atomic mass is 10.0. The maximum atomic E-state index is 13.0. The lowest BCUT2D eigenvalue weighted by Gasteiger charge is -2.38. The molecule has 0 bridgehead atoms. The molecule has 2 aromatic heterocycles. The number of anilines is 1. The number of nitrogens with zero attached hydrogens (tertiary/aromatic N) is 4. The molecule has 0 spiro atoms. The van der Waals surface area contributed by atoms with Gasteiger partial charge in [-0.3, -0.25) is 9.99 Å². The molecule has 1 atom stereocenters. The smallest absolute Gasteiger partial charge is 0.329 e. The van der Waals surface area contributed by atoms with Crippen LogP contribution in [0.25, 0.3) is 5.57 Å². The first-order valence-corrected chi connectivity index (χ1v) is 9.03. The van der Waals surface area contributed by atoms with E-state index in [1.807, 2.05) is 48.3 Å². The second kappa shape index (κ2) is 6.70. The van der Waals surface area contributed by atoms with Crippen molar-refractivity contribution in [3.63, 3.8) is 0 Å². The van der Waals surface area contributed by atoms with Crippen LogP contribution >= 0.6 is 11.6 Å². The summed E-state index contributed by atoms with van der Waals surface area (Å²) < 4.78 is 38.9. The number of aryl methyl sites for hydroxylation is 1. The Hall–Kier alpha value is -2.74. The highest BCUT2D eigenvalue weighted by atomic mass is 35.5. The van der Waals surface area contributed by atoms with Gasteiger partial charge in [-0.1, -0.05) is 11.6 Å². The molecule has 0 saturated heterocycles. The van der Waals surface area contributed by atoms with Crippen molar-refractivity contribution in [3.05, 3.63) is 70.5 Å². The lowest BCUT2D eigenvalue weighted by Crippen LogP contribution is -2.47. The number of hydrogen-bond acceptors (Lipinski definition) is 5. The van der Waals surface area contributed by atoms with Gasteiger partial charge in [0.05, 0.1) is 17.3 Å². The highest BCUT2D eigenvalue weighted by Gasteiger charge is 2.35. The third kappa shape index (κ3) is 3.28. The van der Waals surface area contributed by atoms with Crippen molar-refractivity contribution in [2.75, 3.05) is 11.4 Å². The van der Waals surface area contributed by atoms with Crippen molar-refractivity contribution in [3.8, 4) is 0 Å². The SMILES string of the molecule is Cc1cc(C2=CNN3C2=CN(c2ccc(C(F)(F)F)c(Cl)n2)C[C@@H]3C)ccn1. The Labute approximate surface area is 165 Å². The maximum absolute atomic E-state index is 13.0. The van der Waals surface area contributed by atoms with E-state index >= 15 is 0 Å². The zero-order valence-electron chi connectivity index (χ0n) is 15.1. The van der Waals surface area contributed by atoms with Gasteiger partial charge in [-0.2, -0.15) is 13.2 Å². The Morgan fingerprint density at radius 3 is 2.71 bits per heavy atom. The topological polar surface area (TPSA) is 44.3 Å². The molecule has 9 heteroatoms. The normalized spacial score (nSPS) is 19.1. The van der Waals surface area contributed by atoms with E-state index in [1.165, 1.54) is 6.07 Å². The molecule has 2 aliphatic rings. The molecule has 0 saturated carbocycles. The van der Waals surface area contributed by atoms with Crippen LogP contribution in [0.15, 0.2) is 48.6 Å². The van der Waals surface area contributed by atoms with Gasteiger partial charge >= 0.3 is 6.18 Å². The van der Waals surface area contributed by atoms with Crippen LogP contribution < -0.4 is 10.3 Å². The second-order valence-electron chi connectivity index (χ2n) is 6.76. The first kappa shape index (κ1) is 18.6. The van der Waals surface area contributed by atoms with Gasteiger partial charge in [0.15, 0.2) is 0 Å². The van der Waals surface area contributed by atoms with Gasteiger partial charge in [0.1, 0.15) is 11.0 Å². The molecule has 0 unspecified atom stereocenters. The molecule has 0 amide bonds. The molecule has 0 radical (unpaired) electrons. The highest BCUT2D eigenvalue weighted by Crippen LogP contribution is 2.37. The van der Waals surface area contributed by atoms with Crippen molar-refractivity contribution < 1.29 is 13.2 Å². The summed E-state index contributed by atoms with van der Waals surface area (Å²) in [5.74, 6) is 0.370. The Bertz CT molecular complexity index is 986. The van der Waals surface area contributed by atoms with Gasteiger partial charge in [-0.25, -0.2) is 4.98 Å². The van der Waals surface area contributed by atoms with Crippen molar-refractivity contribution >= 4 is 23.0 Å². The summed E-state index contributed by atoms with van der Waals surface area (Å²) in [7, 11) is 0. The number of allylic oxidation sites excluding steroid dienone is 1. The molecule has 4 heterocycles. The van der Waals surface area contributed by atoms with E-state index in [2.05, 4.69) is 15.4 Å². The molecule has 1 N–H and O–H groups in total. The third-order valence-electron chi connectivity index (χ3n) is 4.70. The largest absolute Gasteiger partial charge is 0.419 e. The first-order chi connectivity index (χ1) is 13.2. The lowest BCUT2D eigenvalue weighted by molar-refractivity contribution is -0.137. The van der Waals surface area contributed by atoms with E-state index in [0.29, 0.717) is 12.4 Å². The second-order valence-corrected chi connectivity index (χ2v) is 7.12. The number of fused-ring (bicyclic) bond motifs is 1. The summed E-state index contributed by atoms with van der Waals surface area (Å²) in [5.41, 5.74) is 6.09. The number of halogens is 4. The minimum atomic E-state index is -4.53. The predicted octanol–water partition coefficient (Wildman–Crippen LogP) is 4.37. The van der Waals surface area contributed by atoms with Crippen molar-refractivity contribution in [1.82, 2.24) is 20.4 Å². The fraction of sp³-hybridized carbons (Fsp3) is 0.263. The number of aromatic nitrogens is 2. The fourth-order valence-corrected chi connectivity index (χ4v) is 3.63. The zero-order chi connectivity index (χ0) is 20.1. The monoisotopic (exact) mass is 407 g/mol. The van der Waals surface area contributed by atoms with Crippen LogP contribution in [0.4, 0.5) is 19.0 Å². The Morgan fingerprint density at radius 1 is 1.25 bits per heavy atom. The number of alkyl halides is 3. The summed E-state index contributed by atoms with van der Waals surface area (Å²) >= 11 is 5.80. The number of hydrazine groups is 1. The van der Waals surface area contributed by atoms with Gasteiger partial charge in [-0.15, -0.1) is 0 Å². The molecule has 0 fully saturated rings. The zero-order valence-corrected chi connectivity index (χ0v) is 15.9. The highest BCUT2D eigenvalue weighted by molar-refractivity contribution is 6.30. The van der Waals surface area contributed by atoms with Crippen molar-refractivity contribution in [1.29, 1.82) is 0 Å². The van der Waals surface area contributed by atoms with E-state index in [1.54, 1.807) is 6.20 Å². The van der Waals surface area contributed by atoms with Gasteiger partial charge in [0.25, 0.3) is 0 Å². The molecule has 28 heavy (non-hydrogen) atoms. The minimum Gasteiger partial charge on any atom is -0.329 e. The van der Waals surface area contributed by atoms with Crippen LogP contribution in [0.5, 0.6) is 0 Å². The first-order valence-electron chi connectivity index (χ1n) is 8.65. The minimum absolute atomic E-state index is 0.0551. The van der Waals surface area contributed by atoms with E-state index in [-0.39, 0.29) is 6.04 Å². The van der Waals surface area contributed by atoms with Gasteiger partial charge < -0.3 is 10.3 Å². The summed E-state index contributed by atoms with van der Waals surface area (Å²) in [6.45, 7) is 4.48. The number of nitrogens with one attached hydrogen (secondary N) is 1. The third-order valence-corrected chi connectivity index (χ3v) is 4.99. The average molecular weight is 408 g/mol. The van der Waals surface area contributed by atoms with Crippen LogP contribution in [0, 0.1) is 6.92 Å². The molecule has 0 aliphatic carbocycles. The van der Waals surface area contributed by atoms with Crippen LogP contribution in [0.3, 0.4) is 0 Å². The van der Waals surface area contributed by atoms with E-state index in [0.717, 1.165) is 28.6 Å². The van der Waals surface area contributed by atoms with E-state index < -0.39 is 16.9 Å². The Morgan fingerprint density at radius 2 is 2.04 bits per heavy atom. The predicted molar refractivity (Wildman–Crippen MR) is 101 cm³/mol. The average Bonchev–Trinajstić information content (AvgIpc) is 3.05. The summed E-state index contributed by atoms with van der Waals surface area (Å²) in [5, 5.41) is 1.47. The van der Waals surface area contributed by atoms with E-state index in [9.17, 15) is 13.2 Å². The number of pyridine rings is 2. The summed E-state index contributed by atoms with van der Waals surface area (Å²) in [6, 6.07) is 6.27. The molecule has 2 aromatic rings. The number of rotatable bonds is 2. The van der Waals surface area contributed by atoms with Gasteiger partial charge in [-0.05, 0) is 43.7 Å². The fourth-order valence-electron chi connectivity index (χ4n) is 3.37. The summed E-state index contributed by atoms with van der Waals surface area (Å²) in [4.78, 5) is 10.0. The molecular weight excluding hydrogens is 391 g/mol. The standard InChI is InChI=1S/C19H17ClF3N5/c1-11-7-13(5-6-24-11)14-8-25-28-12(2)9-27(10-16(14)28)17-4-3-15(18(20)26-17)19(21,22)23/h3-8,10,12,25H,9H2,1-2H3/t12-/m0/s1. The van der Waals surface area contributed by atoms with Crippen LogP contribution in [0.2, 0.25) is 5.15 Å². The maximum Gasteiger partial charge on any atom is 0.419 e. The van der Waals surface area contributed by atoms with E-state index in [4.69, 9.17) is 11.6 Å².